The van der Waals surface area contributed by atoms with Gasteiger partial charge in [-0.25, -0.2) is 4.68 Å². The van der Waals surface area contributed by atoms with Crippen LogP contribution in [0.1, 0.15) is 10.4 Å². The summed E-state index contributed by atoms with van der Waals surface area (Å²) in [6.45, 7) is 0.332. The number of aromatic nitrogens is 2. The van der Waals surface area contributed by atoms with Crippen LogP contribution in [0.15, 0.2) is 42.7 Å². The molecule has 2 aromatic rings. The number of benzene rings is 1. The predicted octanol–water partition coefficient (Wildman–Crippen LogP) is 1.27. The minimum absolute atomic E-state index is 0.0635. The van der Waals surface area contributed by atoms with Crippen molar-refractivity contribution < 1.29 is 4.79 Å². The van der Waals surface area contributed by atoms with Crippen molar-refractivity contribution >= 4 is 5.78 Å². The van der Waals surface area contributed by atoms with Crippen LogP contribution in [0.5, 0.6) is 0 Å². The molecule has 0 aliphatic carbocycles. The van der Waals surface area contributed by atoms with Gasteiger partial charge < -0.3 is 5.32 Å². The van der Waals surface area contributed by atoms with E-state index in [1.807, 2.05) is 36.5 Å². The van der Waals surface area contributed by atoms with Crippen LogP contribution in [0.25, 0.3) is 5.69 Å². The van der Waals surface area contributed by atoms with Crippen molar-refractivity contribution in [2.45, 2.75) is 0 Å². The Morgan fingerprint density at radius 3 is 2.88 bits per heavy atom. The zero-order valence-corrected chi connectivity index (χ0v) is 9.05. The van der Waals surface area contributed by atoms with Crippen LogP contribution in [0, 0.1) is 0 Å². The minimum atomic E-state index is 0.0635. The van der Waals surface area contributed by atoms with Gasteiger partial charge in [-0.3, -0.25) is 4.79 Å². The first-order valence-corrected chi connectivity index (χ1v) is 5.10. The van der Waals surface area contributed by atoms with Crippen LogP contribution in [-0.2, 0) is 0 Å². The Labute approximate surface area is 93.9 Å². The number of Topliss-reactive ketones (excluding diaryl/α,β-unsaturated/α-hetero) is 1. The van der Waals surface area contributed by atoms with Gasteiger partial charge in [-0.1, -0.05) is 12.1 Å². The average molecular weight is 215 g/mol. The Bertz CT molecular complexity index is 477. The lowest BCUT2D eigenvalue weighted by Crippen LogP contribution is -2.20. The maximum absolute atomic E-state index is 11.9. The third-order valence-corrected chi connectivity index (χ3v) is 2.29. The molecule has 16 heavy (non-hydrogen) atoms. The van der Waals surface area contributed by atoms with E-state index >= 15 is 0 Å². The van der Waals surface area contributed by atoms with Crippen LogP contribution in [0.4, 0.5) is 0 Å². The van der Waals surface area contributed by atoms with E-state index in [2.05, 4.69) is 10.4 Å². The number of carbonyl (C=O) groups is 1. The molecule has 0 unspecified atom stereocenters. The molecule has 0 saturated heterocycles. The van der Waals surface area contributed by atoms with Crippen molar-refractivity contribution in [3.8, 4) is 5.69 Å². The summed E-state index contributed by atoms with van der Waals surface area (Å²) >= 11 is 0. The zero-order valence-electron chi connectivity index (χ0n) is 9.05. The number of hydrogen-bond acceptors (Lipinski definition) is 3. The highest BCUT2D eigenvalue weighted by Gasteiger charge is 2.10. The zero-order chi connectivity index (χ0) is 11.4. The van der Waals surface area contributed by atoms with Crippen molar-refractivity contribution in [3.63, 3.8) is 0 Å². The summed E-state index contributed by atoms with van der Waals surface area (Å²) in [5, 5.41) is 6.99. The number of para-hydroxylation sites is 1. The standard InChI is InChI=1S/C12H13N3O/c1-13-9-12(16)10-5-2-3-6-11(10)15-8-4-7-14-15/h2-8,13H,9H2,1H3. The summed E-state index contributed by atoms with van der Waals surface area (Å²) < 4.78 is 1.70. The normalized spacial score (nSPS) is 10.3. The first-order chi connectivity index (χ1) is 7.83. The van der Waals surface area contributed by atoms with Gasteiger partial charge in [-0.05, 0) is 25.2 Å². The molecule has 0 fully saturated rings. The molecule has 1 N–H and O–H groups in total. The van der Waals surface area contributed by atoms with Crippen LogP contribution in [0.3, 0.4) is 0 Å². The van der Waals surface area contributed by atoms with Crippen molar-refractivity contribution in [1.29, 1.82) is 0 Å². The molecular weight excluding hydrogens is 202 g/mol. The van der Waals surface area contributed by atoms with Gasteiger partial charge in [0.1, 0.15) is 0 Å². The maximum atomic E-state index is 11.9. The Kier molecular flexibility index (Phi) is 3.12. The Morgan fingerprint density at radius 2 is 2.19 bits per heavy atom. The van der Waals surface area contributed by atoms with Crippen molar-refractivity contribution in [2.24, 2.45) is 0 Å². The third kappa shape index (κ3) is 2.01. The molecule has 4 nitrogen and oxygen atoms in total. The lowest BCUT2D eigenvalue weighted by molar-refractivity contribution is 0.0993. The largest absolute Gasteiger partial charge is 0.313 e. The molecule has 0 aliphatic heterocycles. The molecule has 4 heteroatoms. The first-order valence-electron chi connectivity index (χ1n) is 5.10. The minimum Gasteiger partial charge on any atom is -0.313 e. The van der Waals surface area contributed by atoms with Gasteiger partial charge in [0.25, 0.3) is 0 Å². The number of nitrogens with zero attached hydrogens (tertiary/aromatic N) is 2. The van der Waals surface area contributed by atoms with Gasteiger partial charge in [0.2, 0.25) is 0 Å². The lowest BCUT2D eigenvalue weighted by Gasteiger charge is -2.07. The second-order valence-corrected chi connectivity index (χ2v) is 3.42. The van der Waals surface area contributed by atoms with E-state index in [1.165, 1.54) is 0 Å². The lowest BCUT2D eigenvalue weighted by atomic mass is 10.1. The fourth-order valence-electron chi connectivity index (χ4n) is 1.58. The molecule has 0 radical (unpaired) electrons. The molecular formula is C12H13N3O. The van der Waals surface area contributed by atoms with E-state index in [-0.39, 0.29) is 5.78 Å². The van der Waals surface area contributed by atoms with Crippen molar-refractivity contribution in [3.05, 3.63) is 48.3 Å². The Balaban J connectivity index is 2.42. The fraction of sp³-hybridized carbons (Fsp3) is 0.167. The number of rotatable bonds is 4. The third-order valence-electron chi connectivity index (χ3n) is 2.29. The van der Waals surface area contributed by atoms with Crippen LogP contribution in [-0.4, -0.2) is 29.2 Å². The molecule has 0 saturated carbocycles. The molecule has 0 spiro atoms. The SMILES string of the molecule is CNCC(=O)c1ccccc1-n1cccn1. The Morgan fingerprint density at radius 1 is 1.38 bits per heavy atom. The van der Waals surface area contributed by atoms with E-state index in [0.29, 0.717) is 12.1 Å². The average Bonchev–Trinajstić information content (AvgIpc) is 2.83. The van der Waals surface area contributed by atoms with E-state index in [9.17, 15) is 4.79 Å². The number of ketones is 1. The van der Waals surface area contributed by atoms with Gasteiger partial charge in [-0.2, -0.15) is 5.10 Å². The summed E-state index contributed by atoms with van der Waals surface area (Å²) in [7, 11) is 1.76. The molecule has 1 heterocycles. The van der Waals surface area contributed by atoms with Crippen molar-refractivity contribution in [2.75, 3.05) is 13.6 Å². The quantitative estimate of drug-likeness (QED) is 0.781. The molecule has 0 atom stereocenters. The highest BCUT2D eigenvalue weighted by molar-refractivity contribution is 6.00. The molecule has 1 aromatic carbocycles. The second kappa shape index (κ2) is 4.72. The highest BCUT2D eigenvalue weighted by atomic mass is 16.1. The smallest absolute Gasteiger partial charge is 0.178 e. The fourth-order valence-corrected chi connectivity index (χ4v) is 1.58. The first kappa shape index (κ1) is 10.6. The van der Waals surface area contributed by atoms with Crippen LogP contribution >= 0.6 is 0 Å². The van der Waals surface area contributed by atoms with E-state index in [0.717, 1.165) is 5.69 Å². The van der Waals surface area contributed by atoms with Crippen LogP contribution < -0.4 is 5.32 Å². The van der Waals surface area contributed by atoms with Gasteiger partial charge in [0.05, 0.1) is 12.2 Å². The van der Waals surface area contributed by atoms with E-state index in [1.54, 1.807) is 17.9 Å². The molecule has 0 aliphatic rings. The maximum Gasteiger partial charge on any atom is 0.178 e. The van der Waals surface area contributed by atoms with Gasteiger partial charge >= 0.3 is 0 Å². The number of nitrogens with one attached hydrogen (secondary N) is 1. The molecule has 0 bridgehead atoms. The van der Waals surface area contributed by atoms with Gasteiger partial charge in [0, 0.05) is 18.0 Å². The molecule has 2 rings (SSSR count). The predicted molar refractivity (Wildman–Crippen MR) is 61.8 cm³/mol. The number of carbonyl (C=O) groups excluding carboxylic acids is 1. The highest BCUT2D eigenvalue weighted by Crippen LogP contribution is 2.13. The summed E-state index contributed by atoms with van der Waals surface area (Å²) in [4.78, 5) is 11.9. The summed E-state index contributed by atoms with van der Waals surface area (Å²) in [6, 6.07) is 9.29. The van der Waals surface area contributed by atoms with E-state index in [4.69, 9.17) is 0 Å². The molecule has 1 aromatic heterocycles. The monoisotopic (exact) mass is 215 g/mol. The summed E-state index contributed by atoms with van der Waals surface area (Å²) in [5.74, 6) is 0.0635. The summed E-state index contributed by atoms with van der Waals surface area (Å²) in [5.41, 5.74) is 1.49. The number of likely N-dealkylation sites (N-methyl/N-ethyl adjacent to an activating group) is 1. The van der Waals surface area contributed by atoms with Crippen molar-refractivity contribution in [1.82, 2.24) is 15.1 Å². The molecule has 0 amide bonds. The van der Waals surface area contributed by atoms with Gasteiger partial charge in [-0.15, -0.1) is 0 Å². The summed E-state index contributed by atoms with van der Waals surface area (Å²) in [6.07, 6.45) is 3.52. The van der Waals surface area contributed by atoms with Crippen LogP contribution in [0.2, 0.25) is 0 Å². The second-order valence-electron chi connectivity index (χ2n) is 3.42. The number of hydrogen-bond donors (Lipinski definition) is 1. The van der Waals surface area contributed by atoms with Gasteiger partial charge in [0.15, 0.2) is 5.78 Å². The molecule has 82 valence electrons. The Hall–Kier alpha value is -1.94. The van der Waals surface area contributed by atoms with E-state index < -0.39 is 0 Å². The topological polar surface area (TPSA) is 46.9 Å².